The molecule has 0 aliphatic carbocycles. The predicted molar refractivity (Wildman–Crippen MR) is 98.5 cm³/mol. The normalized spacial score (nSPS) is 11.0. The molecule has 132 valence electrons. The number of aliphatic imine (C=N–C) groups is 1. The molecule has 0 fully saturated rings. The third-order valence-electron chi connectivity index (χ3n) is 3.54. The molecule has 0 aliphatic rings. The second-order valence-electron chi connectivity index (χ2n) is 5.80. The Hall–Kier alpha value is -2.82. The van der Waals surface area contributed by atoms with Crippen LogP contribution in [0.4, 0.5) is 5.69 Å². The molecular formula is C20H23NO4. The highest BCUT2D eigenvalue weighted by molar-refractivity contribution is 5.91. The molecule has 5 heteroatoms. The van der Waals surface area contributed by atoms with Crippen LogP contribution in [-0.2, 0) is 4.74 Å². The lowest BCUT2D eigenvalue weighted by atomic mass is 10.1. The molecule has 2 rings (SSSR count). The zero-order valence-electron chi connectivity index (χ0n) is 15.2. The Morgan fingerprint density at radius 1 is 1.16 bits per heavy atom. The first-order valence-corrected chi connectivity index (χ1v) is 8.03. The van der Waals surface area contributed by atoms with E-state index >= 15 is 0 Å². The zero-order valence-corrected chi connectivity index (χ0v) is 15.2. The van der Waals surface area contributed by atoms with Crippen LogP contribution in [0.2, 0.25) is 0 Å². The van der Waals surface area contributed by atoms with Crippen molar-refractivity contribution in [2.45, 2.75) is 26.9 Å². The highest BCUT2D eigenvalue weighted by Crippen LogP contribution is 2.31. The molecule has 0 saturated carbocycles. The third-order valence-corrected chi connectivity index (χ3v) is 3.54. The van der Waals surface area contributed by atoms with Crippen LogP contribution in [-0.4, -0.2) is 32.5 Å². The molecule has 0 aromatic heterocycles. The van der Waals surface area contributed by atoms with Crippen LogP contribution in [0.5, 0.6) is 11.5 Å². The summed E-state index contributed by atoms with van der Waals surface area (Å²) in [7, 11) is 2.97. The van der Waals surface area contributed by atoms with E-state index in [9.17, 15) is 4.79 Å². The Morgan fingerprint density at radius 3 is 2.52 bits per heavy atom. The van der Waals surface area contributed by atoms with Crippen molar-refractivity contribution in [3.63, 3.8) is 0 Å². The van der Waals surface area contributed by atoms with Crippen LogP contribution >= 0.6 is 0 Å². The van der Waals surface area contributed by atoms with E-state index in [4.69, 9.17) is 14.2 Å². The van der Waals surface area contributed by atoms with Crippen molar-refractivity contribution in [2.75, 3.05) is 14.2 Å². The Balaban J connectivity index is 2.35. The lowest BCUT2D eigenvalue weighted by Crippen LogP contribution is -2.08. The Labute approximate surface area is 148 Å². The van der Waals surface area contributed by atoms with E-state index in [1.807, 2.05) is 39.0 Å². The molecule has 0 N–H and O–H groups in total. The molecule has 0 radical (unpaired) electrons. The van der Waals surface area contributed by atoms with E-state index in [0.717, 1.165) is 16.8 Å². The summed E-state index contributed by atoms with van der Waals surface area (Å²) in [5.41, 5.74) is 2.98. The molecule has 0 aliphatic heterocycles. The second kappa shape index (κ2) is 8.33. The number of nitrogens with zero attached hydrogens (tertiary/aromatic N) is 1. The van der Waals surface area contributed by atoms with Gasteiger partial charge in [0.15, 0.2) is 11.5 Å². The average molecular weight is 341 g/mol. The van der Waals surface area contributed by atoms with Gasteiger partial charge in [-0.3, -0.25) is 4.99 Å². The molecule has 0 saturated heterocycles. The zero-order chi connectivity index (χ0) is 18.4. The first-order chi connectivity index (χ1) is 12.0. The quantitative estimate of drug-likeness (QED) is 0.580. The van der Waals surface area contributed by atoms with E-state index < -0.39 is 0 Å². The van der Waals surface area contributed by atoms with Crippen molar-refractivity contribution in [2.24, 2.45) is 4.99 Å². The van der Waals surface area contributed by atoms with Crippen LogP contribution in [0.15, 0.2) is 41.4 Å². The minimum atomic E-state index is -0.362. The fourth-order valence-corrected chi connectivity index (χ4v) is 2.34. The second-order valence-corrected chi connectivity index (χ2v) is 5.80. The van der Waals surface area contributed by atoms with Crippen LogP contribution in [0, 0.1) is 6.92 Å². The summed E-state index contributed by atoms with van der Waals surface area (Å²) in [4.78, 5) is 16.1. The van der Waals surface area contributed by atoms with E-state index in [-0.39, 0.29) is 12.1 Å². The summed E-state index contributed by atoms with van der Waals surface area (Å²) in [6, 6.07) is 10.9. The van der Waals surface area contributed by atoms with Crippen LogP contribution in [0.1, 0.15) is 35.3 Å². The van der Waals surface area contributed by atoms with Gasteiger partial charge in [0.2, 0.25) is 0 Å². The predicted octanol–water partition coefficient (Wildman–Crippen LogP) is 4.33. The Kier molecular flexibility index (Phi) is 6.17. The van der Waals surface area contributed by atoms with Crippen LogP contribution in [0.25, 0.3) is 0 Å². The van der Waals surface area contributed by atoms with Crippen molar-refractivity contribution in [1.29, 1.82) is 0 Å². The van der Waals surface area contributed by atoms with Crippen LogP contribution < -0.4 is 9.47 Å². The highest BCUT2D eigenvalue weighted by atomic mass is 16.5. The molecule has 0 atom stereocenters. The number of methoxy groups -OCH3 is 2. The molecule has 0 spiro atoms. The number of benzene rings is 2. The van der Waals surface area contributed by atoms with Gasteiger partial charge in [0.25, 0.3) is 0 Å². The van der Waals surface area contributed by atoms with Gasteiger partial charge in [0.05, 0.1) is 31.6 Å². The molecular weight excluding hydrogens is 318 g/mol. The number of para-hydroxylation sites is 1. The minimum absolute atomic E-state index is 0.0181. The number of esters is 1. The maximum Gasteiger partial charge on any atom is 0.337 e. The number of ether oxygens (including phenoxy) is 3. The van der Waals surface area contributed by atoms with E-state index in [1.54, 1.807) is 31.5 Å². The largest absolute Gasteiger partial charge is 0.493 e. The van der Waals surface area contributed by atoms with Gasteiger partial charge in [-0.2, -0.15) is 0 Å². The molecule has 5 nitrogen and oxygen atoms in total. The van der Waals surface area contributed by atoms with E-state index in [0.29, 0.717) is 17.1 Å². The van der Waals surface area contributed by atoms with Gasteiger partial charge in [-0.15, -0.1) is 0 Å². The summed E-state index contributed by atoms with van der Waals surface area (Å²) in [6.45, 7) is 5.82. The fourth-order valence-electron chi connectivity index (χ4n) is 2.34. The first-order valence-electron chi connectivity index (χ1n) is 8.03. The fraction of sp³-hybridized carbons (Fsp3) is 0.300. The average Bonchev–Trinajstić information content (AvgIpc) is 2.60. The summed E-state index contributed by atoms with van der Waals surface area (Å²) >= 11 is 0. The molecule has 2 aromatic rings. The molecule has 0 heterocycles. The number of rotatable bonds is 6. The van der Waals surface area contributed by atoms with Crippen molar-refractivity contribution in [3.05, 3.63) is 53.1 Å². The summed E-state index contributed by atoms with van der Waals surface area (Å²) in [5, 5.41) is 0. The van der Waals surface area contributed by atoms with E-state index in [1.165, 1.54) is 7.11 Å². The van der Waals surface area contributed by atoms with Gasteiger partial charge in [-0.25, -0.2) is 4.79 Å². The summed E-state index contributed by atoms with van der Waals surface area (Å²) in [5.74, 6) is 0.960. The number of hydrogen-bond acceptors (Lipinski definition) is 5. The standard InChI is InChI=1S/C20H23NO4/c1-13(2)25-19-16(7-6-8-18(19)23-4)12-21-17-10-9-15(11-14(17)3)20(22)24-5/h6-13H,1-5H3. The van der Waals surface area contributed by atoms with Crippen molar-refractivity contribution in [3.8, 4) is 11.5 Å². The summed E-state index contributed by atoms with van der Waals surface area (Å²) < 4.78 is 16.0. The number of hydrogen-bond donors (Lipinski definition) is 0. The molecule has 0 amide bonds. The van der Waals surface area contributed by atoms with Gasteiger partial charge in [0.1, 0.15) is 0 Å². The molecule has 0 bridgehead atoms. The first kappa shape index (κ1) is 18.5. The number of carbonyl (C=O) groups is 1. The van der Waals surface area contributed by atoms with Gasteiger partial charge in [-0.05, 0) is 56.7 Å². The number of aryl methyl sites for hydroxylation is 1. The third kappa shape index (κ3) is 4.59. The molecule has 0 unspecified atom stereocenters. The lowest BCUT2D eigenvalue weighted by molar-refractivity contribution is 0.0600. The smallest absolute Gasteiger partial charge is 0.337 e. The van der Waals surface area contributed by atoms with Crippen molar-refractivity contribution >= 4 is 17.9 Å². The topological polar surface area (TPSA) is 57.1 Å². The van der Waals surface area contributed by atoms with Crippen molar-refractivity contribution in [1.82, 2.24) is 0 Å². The molecule has 2 aromatic carbocycles. The van der Waals surface area contributed by atoms with Gasteiger partial charge in [0, 0.05) is 11.8 Å². The maximum absolute atomic E-state index is 11.6. The van der Waals surface area contributed by atoms with Crippen molar-refractivity contribution < 1.29 is 19.0 Å². The maximum atomic E-state index is 11.6. The Morgan fingerprint density at radius 2 is 1.92 bits per heavy atom. The summed E-state index contributed by atoms with van der Waals surface area (Å²) in [6.07, 6.45) is 1.75. The minimum Gasteiger partial charge on any atom is -0.493 e. The lowest BCUT2D eigenvalue weighted by Gasteiger charge is -2.15. The number of carbonyl (C=O) groups excluding carboxylic acids is 1. The molecule has 25 heavy (non-hydrogen) atoms. The van der Waals surface area contributed by atoms with E-state index in [2.05, 4.69) is 4.99 Å². The Bertz CT molecular complexity index is 781. The van der Waals surface area contributed by atoms with Gasteiger partial charge in [-0.1, -0.05) is 6.07 Å². The monoisotopic (exact) mass is 341 g/mol. The SMILES string of the molecule is COC(=O)c1ccc(N=Cc2cccc(OC)c2OC(C)C)c(C)c1. The highest BCUT2D eigenvalue weighted by Gasteiger charge is 2.11. The van der Waals surface area contributed by atoms with Gasteiger partial charge >= 0.3 is 5.97 Å². The van der Waals surface area contributed by atoms with Crippen LogP contribution in [0.3, 0.4) is 0 Å². The van der Waals surface area contributed by atoms with Gasteiger partial charge < -0.3 is 14.2 Å².